The van der Waals surface area contributed by atoms with E-state index in [0.29, 0.717) is 23.2 Å². The first-order valence-electron chi connectivity index (χ1n) is 10.4. The van der Waals surface area contributed by atoms with Crippen molar-refractivity contribution in [1.82, 2.24) is 15.6 Å². The van der Waals surface area contributed by atoms with Crippen molar-refractivity contribution >= 4 is 34.8 Å². The molecule has 2 aliphatic carbocycles. The van der Waals surface area contributed by atoms with Crippen LogP contribution in [0.15, 0.2) is 30.5 Å². The van der Waals surface area contributed by atoms with Gasteiger partial charge in [-0.2, -0.15) is 0 Å². The number of halogens is 1. The van der Waals surface area contributed by atoms with E-state index in [1.807, 2.05) is 6.07 Å². The van der Waals surface area contributed by atoms with E-state index in [2.05, 4.69) is 21.7 Å². The van der Waals surface area contributed by atoms with Crippen LogP contribution < -0.4 is 10.6 Å². The molecule has 0 aromatic carbocycles. The molecule has 29 heavy (non-hydrogen) atoms. The van der Waals surface area contributed by atoms with E-state index in [1.54, 1.807) is 23.5 Å². The number of hydrogen-bond acceptors (Lipinski definition) is 4. The molecule has 0 radical (unpaired) electrons. The molecule has 1 unspecified atom stereocenters. The van der Waals surface area contributed by atoms with Crippen molar-refractivity contribution < 1.29 is 9.59 Å². The Morgan fingerprint density at radius 2 is 1.90 bits per heavy atom. The van der Waals surface area contributed by atoms with Crippen LogP contribution in [0.4, 0.5) is 0 Å². The minimum absolute atomic E-state index is 0.0566. The fraction of sp³-hybridized carbons (Fsp3) is 0.500. The fourth-order valence-corrected chi connectivity index (χ4v) is 5.10. The van der Waals surface area contributed by atoms with E-state index < -0.39 is 0 Å². The lowest BCUT2D eigenvalue weighted by molar-refractivity contribution is 0.0890. The number of aromatic nitrogens is 1. The summed E-state index contributed by atoms with van der Waals surface area (Å²) in [4.78, 5) is 31.4. The van der Waals surface area contributed by atoms with Gasteiger partial charge < -0.3 is 10.6 Å². The quantitative estimate of drug-likeness (QED) is 0.647. The van der Waals surface area contributed by atoms with Gasteiger partial charge in [-0.25, -0.2) is 4.98 Å². The lowest BCUT2D eigenvalue weighted by atomic mass is 9.97. The Kier molecular flexibility index (Phi) is 6.50. The van der Waals surface area contributed by atoms with Gasteiger partial charge in [0.15, 0.2) is 0 Å². The Morgan fingerprint density at radius 3 is 2.59 bits per heavy atom. The van der Waals surface area contributed by atoms with E-state index >= 15 is 0 Å². The lowest BCUT2D eigenvalue weighted by Crippen LogP contribution is -2.47. The monoisotopic (exact) mass is 431 g/mol. The van der Waals surface area contributed by atoms with E-state index in [0.717, 1.165) is 30.1 Å². The highest BCUT2D eigenvalue weighted by molar-refractivity contribution is 7.14. The normalized spacial score (nSPS) is 17.8. The first-order valence-corrected chi connectivity index (χ1v) is 11.6. The largest absolute Gasteiger partial charge is 0.349 e. The zero-order valence-corrected chi connectivity index (χ0v) is 17.9. The molecule has 2 saturated carbocycles. The molecule has 2 heterocycles. The van der Waals surface area contributed by atoms with Crippen LogP contribution in [0.2, 0.25) is 5.02 Å². The lowest BCUT2D eigenvalue weighted by Gasteiger charge is -2.25. The maximum Gasteiger partial charge on any atom is 0.270 e. The number of hydrogen-bond donors (Lipinski definition) is 2. The zero-order valence-electron chi connectivity index (χ0n) is 16.3. The van der Waals surface area contributed by atoms with Gasteiger partial charge in [0.1, 0.15) is 5.69 Å². The summed E-state index contributed by atoms with van der Waals surface area (Å²) in [6, 6.07) is 7.16. The van der Waals surface area contributed by atoms with Gasteiger partial charge in [0.05, 0.1) is 9.90 Å². The number of carbonyl (C=O) groups is 2. The summed E-state index contributed by atoms with van der Waals surface area (Å²) < 4.78 is 0. The van der Waals surface area contributed by atoms with Gasteiger partial charge in [-0.1, -0.05) is 24.4 Å². The van der Waals surface area contributed by atoms with Crippen LogP contribution in [0.5, 0.6) is 0 Å². The maximum atomic E-state index is 12.6. The average Bonchev–Trinajstić information content (AvgIpc) is 3.18. The third kappa shape index (κ3) is 5.58. The van der Waals surface area contributed by atoms with Crippen molar-refractivity contribution in [2.24, 2.45) is 11.8 Å². The van der Waals surface area contributed by atoms with Gasteiger partial charge in [0, 0.05) is 23.7 Å². The molecule has 5 nitrogen and oxygen atoms in total. The summed E-state index contributed by atoms with van der Waals surface area (Å²) in [5.74, 6) is 0.905. The van der Waals surface area contributed by atoms with Gasteiger partial charge in [-0.3, -0.25) is 9.59 Å². The average molecular weight is 432 g/mol. The molecule has 0 spiro atoms. The highest BCUT2D eigenvalue weighted by atomic mass is 35.5. The van der Waals surface area contributed by atoms with Crippen LogP contribution in [0.1, 0.15) is 63.6 Å². The molecule has 0 saturated heterocycles. The van der Waals surface area contributed by atoms with Crippen molar-refractivity contribution in [3.63, 3.8) is 0 Å². The third-order valence-electron chi connectivity index (χ3n) is 5.80. The summed E-state index contributed by atoms with van der Waals surface area (Å²) in [5, 5.41) is 6.62. The van der Waals surface area contributed by atoms with Gasteiger partial charge in [0.2, 0.25) is 0 Å². The topological polar surface area (TPSA) is 71.1 Å². The van der Waals surface area contributed by atoms with Crippen molar-refractivity contribution in [1.29, 1.82) is 0 Å². The van der Waals surface area contributed by atoms with E-state index in [9.17, 15) is 9.59 Å². The van der Waals surface area contributed by atoms with Gasteiger partial charge >= 0.3 is 0 Å². The fourth-order valence-electron chi connectivity index (χ4n) is 3.95. The molecular weight excluding hydrogens is 406 g/mol. The first kappa shape index (κ1) is 20.4. The van der Waals surface area contributed by atoms with Gasteiger partial charge in [0.25, 0.3) is 11.8 Å². The Labute approximate surface area is 180 Å². The Bertz CT molecular complexity index is 857. The highest BCUT2D eigenvalue weighted by Gasteiger charge is 2.28. The van der Waals surface area contributed by atoms with Crippen LogP contribution in [0.3, 0.4) is 0 Å². The molecule has 0 aliphatic heterocycles. The van der Waals surface area contributed by atoms with E-state index in [1.165, 1.54) is 36.8 Å². The molecule has 2 fully saturated rings. The Balaban J connectivity index is 1.36. The summed E-state index contributed by atoms with van der Waals surface area (Å²) in [6.45, 7) is 0.429. The smallest absolute Gasteiger partial charge is 0.270 e. The minimum atomic E-state index is -0.226. The molecule has 2 aromatic heterocycles. The Hall–Kier alpha value is -1.92. The third-order valence-corrected chi connectivity index (χ3v) is 7.13. The molecular formula is C22H26ClN3O2S. The standard InChI is InChI=1S/C22H26ClN3O2S/c23-16-7-9-18(24-12-16)21(27)26-19(15-3-1-2-4-15)13-25-22(28)20-10-8-17(29-20)11-14-5-6-14/h7-10,12,14-15,19H,1-6,11,13H2,(H,25,28)(H,26,27). The van der Waals surface area contributed by atoms with Crippen LogP contribution in [0, 0.1) is 11.8 Å². The number of nitrogens with one attached hydrogen (secondary N) is 2. The summed E-state index contributed by atoms with van der Waals surface area (Å²) in [6.07, 6.45) is 9.65. The maximum absolute atomic E-state index is 12.6. The number of carbonyl (C=O) groups excluding carboxylic acids is 2. The summed E-state index contributed by atoms with van der Waals surface area (Å²) in [7, 11) is 0. The molecule has 0 bridgehead atoms. The molecule has 2 N–H and O–H groups in total. The van der Waals surface area contributed by atoms with Gasteiger partial charge in [-0.05, 0) is 68.2 Å². The molecule has 2 aromatic rings. The number of nitrogens with zero attached hydrogens (tertiary/aromatic N) is 1. The number of rotatable bonds is 8. The second-order valence-electron chi connectivity index (χ2n) is 8.11. The molecule has 2 aliphatic rings. The second kappa shape index (κ2) is 9.26. The molecule has 154 valence electrons. The van der Waals surface area contributed by atoms with Crippen LogP contribution in [-0.4, -0.2) is 29.4 Å². The van der Waals surface area contributed by atoms with E-state index in [-0.39, 0.29) is 17.9 Å². The van der Waals surface area contributed by atoms with Crippen molar-refractivity contribution in [3.05, 3.63) is 50.9 Å². The minimum Gasteiger partial charge on any atom is -0.349 e. The molecule has 1 atom stereocenters. The molecule has 2 amide bonds. The number of amides is 2. The van der Waals surface area contributed by atoms with Crippen molar-refractivity contribution in [3.8, 4) is 0 Å². The predicted octanol–water partition coefficient (Wildman–Crippen LogP) is 4.47. The van der Waals surface area contributed by atoms with Crippen LogP contribution in [0.25, 0.3) is 0 Å². The molecule has 7 heteroatoms. The summed E-state index contributed by atoms with van der Waals surface area (Å²) in [5.41, 5.74) is 0.340. The number of pyridine rings is 1. The van der Waals surface area contributed by atoms with Crippen LogP contribution in [-0.2, 0) is 6.42 Å². The Morgan fingerprint density at radius 1 is 1.10 bits per heavy atom. The second-order valence-corrected chi connectivity index (χ2v) is 9.71. The van der Waals surface area contributed by atoms with E-state index in [4.69, 9.17) is 11.6 Å². The number of thiophene rings is 1. The predicted molar refractivity (Wildman–Crippen MR) is 116 cm³/mol. The van der Waals surface area contributed by atoms with Crippen molar-refractivity contribution in [2.45, 2.75) is 51.0 Å². The van der Waals surface area contributed by atoms with Gasteiger partial charge in [-0.15, -0.1) is 11.3 Å². The van der Waals surface area contributed by atoms with Crippen molar-refractivity contribution in [2.75, 3.05) is 6.54 Å². The van der Waals surface area contributed by atoms with Crippen LogP contribution >= 0.6 is 22.9 Å². The SMILES string of the molecule is O=C(NC(CNC(=O)c1ccc(CC2CC2)s1)C1CCCC1)c1ccc(Cl)cn1. The molecule has 4 rings (SSSR count). The highest BCUT2D eigenvalue weighted by Crippen LogP contribution is 2.34. The summed E-state index contributed by atoms with van der Waals surface area (Å²) >= 11 is 7.44. The zero-order chi connectivity index (χ0) is 20.2. The first-order chi connectivity index (χ1) is 14.1.